The number of hydrogen-bond acceptors (Lipinski definition) is 3. The number of rotatable bonds is 3. The van der Waals surface area contributed by atoms with E-state index in [0.29, 0.717) is 16.9 Å². The van der Waals surface area contributed by atoms with Crippen LogP contribution in [0.4, 0.5) is 15.8 Å². The molecule has 0 aromatic heterocycles. The highest BCUT2D eigenvalue weighted by molar-refractivity contribution is 6.35. The topological polar surface area (TPSA) is 67.1 Å². The Hall–Kier alpha value is -1.82. The number of benzene rings is 2. The van der Waals surface area contributed by atoms with Crippen molar-refractivity contribution in [3.8, 4) is 0 Å². The van der Waals surface area contributed by atoms with Crippen LogP contribution < -0.4 is 16.6 Å². The Labute approximate surface area is 131 Å². The van der Waals surface area contributed by atoms with Crippen LogP contribution in [0.3, 0.4) is 0 Å². The van der Waals surface area contributed by atoms with Gasteiger partial charge in [-0.05, 0) is 42.8 Å². The van der Waals surface area contributed by atoms with Gasteiger partial charge in [0, 0.05) is 16.9 Å². The van der Waals surface area contributed by atoms with Gasteiger partial charge in [0.2, 0.25) is 0 Å². The molecular weight excluding hydrogens is 316 g/mol. The number of amides is 1. The molecule has 2 aromatic rings. The molecule has 0 aliphatic rings. The van der Waals surface area contributed by atoms with E-state index in [-0.39, 0.29) is 16.0 Å². The predicted octanol–water partition coefficient (Wildman–Crippen LogP) is 3.98. The van der Waals surface area contributed by atoms with E-state index in [1.807, 2.05) is 0 Å². The highest BCUT2D eigenvalue weighted by Crippen LogP contribution is 2.27. The van der Waals surface area contributed by atoms with Crippen molar-refractivity contribution < 1.29 is 9.18 Å². The van der Waals surface area contributed by atoms with Gasteiger partial charge in [0.25, 0.3) is 5.91 Å². The average molecular weight is 328 g/mol. The smallest absolute Gasteiger partial charge is 0.255 e. The van der Waals surface area contributed by atoms with Crippen molar-refractivity contribution in [1.82, 2.24) is 0 Å². The van der Waals surface area contributed by atoms with Gasteiger partial charge in [-0.15, -0.1) is 0 Å². The first kappa shape index (κ1) is 15.6. The third-order valence-corrected chi connectivity index (χ3v) is 3.43. The molecule has 0 spiro atoms. The van der Waals surface area contributed by atoms with Crippen molar-refractivity contribution >= 4 is 40.5 Å². The van der Waals surface area contributed by atoms with Gasteiger partial charge in [0.1, 0.15) is 0 Å². The minimum Gasteiger partial charge on any atom is -0.324 e. The molecule has 0 radical (unpaired) electrons. The monoisotopic (exact) mass is 327 g/mol. The molecular formula is C14H12Cl2FN3O. The summed E-state index contributed by atoms with van der Waals surface area (Å²) in [4.78, 5) is 12.2. The van der Waals surface area contributed by atoms with Gasteiger partial charge in [-0.2, -0.15) is 0 Å². The summed E-state index contributed by atoms with van der Waals surface area (Å²) < 4.78 is 13.3. The Morgan fingerprint density at radius 1 is 1.14 bits per heavy atom. The van der Waals surface area contributed by atoms with Crippen molar-refractivity contribution in [2.45, 2.75) is 6.92 Å². The number of aryl methyl sites for hydroxylation is 1. The first-order chi connectivity index (χ1) is 9.92. The van der Waals surface area contributed by atoms with Crippen molar-refractivity contribution in [3.63, 3.8) is 0 Å². The van der Waals surface area contributed by atoms with E-state index in [4.69, 9.17) is 29.0 Å². The van der Waals surface area contributed by atoms with Crippen molar-refractivity contribution in [1.29, 1.82) is 0 Å². The number of nitrogen functional groups attached to an aromatic ring is 1. The van der Waals surface area contributed by atoms with Crippen LogP contribution in [-0.4, -0.2) is 5.91 Å². The largest absolute Gasteiger partial charge is 0.324 e. The van der Waals surface area contributed by atoms with Crippen LogP contribution in [-0.2, 0) is 0 Å². The lowest BCUT2D eigenvalue weighted by Gasteiger charge is -2.10. The molecule has 0 heterocycles. The molecule has 1 amide bonds. The zero-order valence-electron chi connectivity index (χ0n) is 11.0. The number of nitrogens with one attached hydrogen (secondary N) is 2. The molecule has 2 rings (SSSR count). The molecule has 0 aliphatic heterocycles. The Morgan fingerprint density at radius 3 is 2.29 bits per heavy atom. The Balaban J connectivity index is 2.26. The highest BCUT2D eigenvalue weighted by Gasteiger charge is 2.13. The lowest BCUT2D eigenvalue weighted by Crippen LogP contribution is -2.14. The molecule has 0 unspecified atom stereocenters. The maximum absolute atomic E-state index is 13.3. The van der Waals surface area contributed by atoms with E-state index < -0.39 is 5.82 Å². The van der Waals surface area contributed by atoms with Gasteiger partial charge in [-0.25, -0.2) is 4.39 Å². The number of carbonyl (C=O) groups is 1. The van der Waals surface area contributed by atoms with Gasteiger partial charge in [0.15, 0.2) is 5.82 Å². The average Bonchev–Trinajstić information content (AvgIpc) is 2.44. The summed E-state index contributed by atoms with van der Waals surface area (Å²) in [5, 5.41) is 2.31. The van der Waals surface area contributed by atoms with Gasteiger partial charge in [-0.1, -0.05) is 23.2 Å². The summed E-state index contributed by atoms with van der Waals surface area (Å²) in [5.41, 5.74) is 4.71. The SMILES string of the molecule is Cc1cc(NN)ccc1C(=O)Nc1cc(Cl)c(F)c(Cl)c1. The molecule has 0 saturated carbocycles. The second kappa shape index (κ2) is 6.30. The molecule has 0 atom stereocenters. The lowest BCUT2D eigenvalue weighted by atomic mass is 10.1. The van der Waals surface area contributed by atoms with E-state index in [2.05, 4.69) is 10.7 Å². The molecule has 0 bridgehead atoms. The van der Waals surface area contributed by atoms with E-state index in [1.165, 1.54) is 12.1 Å². The third kappa shape index (κ3) is 3.44. The zero-order chi connectivity index (χ0) is 15.6. The van der Waals surface area contributed by atoms with Crippen molar-refractivity contribution in [2.75, 3.05) is 10.7 Å². The standard InChI is InChI=1S/C14H12Cl2FN3O/c1-7-4-8(20-18)2-3-10(7)14(21)19-9-5-11(15)13(17)12(16)6-9/h2-6,20H,18H2,1H3,(H,19,21). The second-order valence-corrected chi connectivity index (χ2v) is 5.20. The second-order valence-electron chi connectivity index (χ2n) is 4.38. The van der Waals surface area contributed by atoms with Crippen LogP contribution in [0.25, 0.3) is 0 Å². The fourth-order valence-electron chi connectivity index (χ4n) is 1.83. The zero-order valence-corrected chi connectivity index (χ0v) is 12.5. The van der Waals surface area contributed by atoms with Crippen LogP contribution in [0.1, 0.15) is 15.9 Å². The Morgan fingerprint density at radius 2 is 1.76 bits per heavy atom. The number of nitrogens with two attached hydrogens (primary N) is 1. The van der Waals surface area contributed by atoms with Gasteiger partial charge >= 0.3 is 0 Å². The van der Waals surface area contributed by atoms with Crippen LogP contribution in [0.15, 0.2) is 30.3 Å². The van der Waals surface area contributed by atoms with Crippen LogP contribution in [0.5, 0.6) is 0 Å². The minimum atomic E-state index is -0.717. The van der Waals surface area contributed by atoms with Gasteiger partial charge in [0.05, 0.1) is 10.0 Å². The number of hydrogen-bond donors (Lipinski definition) is 3. The number of carbonyl (C=O) groups excluding carboxylic acids is 1. The maximum atomic E-state index is 13.3. The van der Waals surface area contributed by atoms with E-state index in [0.717, 1.165) is 5.56 Å². The molecule has 2 aromatic carbocycles. The van der Waals surface area contributed by atoms with Gasteiger partial charge in [-0.3, -0.25) is 10.6 Å². The molecule has 7 heteroatoms. The normalized spacial score (nSPS) is 10.3. The highest BCUT2D eigenvalue weighted by atomic mass is 35.5. The maximum Gasteiger partial charge on any atom is 0.255 e. The molecule has 4 nitrogen and oxygen atoms in total. The van der Waals surface area contributed by atoms with Crippen molar-refractivity contribution in [2.24, 2.45) is 5.84 Å². The van der Waals surface area contributed by atoms with E-state index in [9.17, 15) is 9.18 Å². The third-order valence-electron chi connectivity index (χ3n) is 2.88. The lowest BCUT2D eigenvalue weighted by molar-refractivity contribution is 0.102. The van der Waals surface area contributed by atoms with Crippen molar-refractivity contribution in [3.05, 3.63) is 57.3 Å². The summed E-state index contributed by atoms with van der Waals surface area (Å²) in [5.74, 6) is 4.23. The molecule has 4 N–H and O–H groups in total. The number of anilines is 2. The first-order valence-corrected chi connectivity index (χ1v) is 6.71. The fraction of sp³-hybridized carbons (Fsp3) is 0.0714. The number of hydrazine groups is 1. The summed E-state index contributed by atoms with van der Waals surface area (Å²) >= 11 is 11.4. The molecule has 0 fully saturated rings. The summed E-state index contributed by atoms with van der Waals surface area (Å²) in [7, 11) is 0. The molecule has 110 valence electrons. The van der Waals surface area contributed by atoms with E-state index in [1.54, 1.807) is 25.1 Å². The minimum absolute atomic E-state index is 0.155. The first-order valence-electron chi connectivity index (χ1n) is 5.95. The fourth-order valence-corrected chi connectivity index (χ4v) is 2.32. The quantitative estimate of drug-likeness (QED) is 0.454. The Bertz CT molecular complexity index is 684. The predicted molar refractivity (Wildman–Crippen MR) is 83.4 cm³/mol. The summed E-state index contributed by atoms with van der Waals surface area (Å²) in [6.07, 6.45) is 0. The van der Waals surface area contributed by atoms with Crippen LogP contribution in [0, 0.1) is 12.7 Å². The molecule has 0 aliphatic carbocycles. The van der Waals surface area contributed by atoms with E-state index >= 15 is 0 Å². The Kier molecular flexibility index (Phi) is 4.67. The van der Waals surface area contributed by atoms with Crippen LogP contribution >= 0.6 is 23.2 Å². The summed E-state index contributed by atoms with van der Waals surface area (Å²) in [6.45, 7) is 1.78. The molecule has 21 heavy (non-hydrogen) atoms. The summed E-state index contributed by atoms with van der Waals surface area (Å²) in [6, 6.07) is 7.64. The molecule has 0 saturated heterocycles. The van der Waals surface area contributed by atoms with Gasteiger partial charge < -0.3 is 10.7 Å². The van der Waals surface area contributed by atoms with Crippen LogP contribution in [0.2, 0.25) is 10.0 Å². The number of halogens is 3.